The van der Waals surface area contributed by atoms with Crippen LogP contribution in [0.3, 0.4) is 0 Å². The van der Waals surface area contributed by atoms with E-state index in [-0.39, 0.29) is 18.4 Å². The van der Waals surface area contributed by atoms with E-state index in [0.717, 1.165) is 40.6 Å². The van der Waals surface area contributed by atoms with Crippen molar-refractivity contribution in [1.82, 2.24) is 19.1 Å². The maximum absolute atomic E-state index is 14.3. The summed E-state index contributed by atoms with van der Waals surface area (Å²) in [7, 11) is 0.0803. The second-order valence-corrected chi connectivity index (χ2v) is 12.4. The van der Waals surface area contributed by atoms with E-state index in [1.54, 1.807) is 0 Å². The van der Waals surface area contributed by atoms with Gasteiger partial charge in [0.15, 0.2) is 5.03 Å². The average Bonchev–Trinajstić information content (AvgIpc) is 3.52. The van der Waals surface area contributed by atoms with Crippen molar-refractivity contribution in [3.63, 3.8) is 0 Å². The molecule has 3 aromatic carbocycles. The van der Waals surface area contributed by atoms with Crippen molar-refractivity contribution in [2.24, 2.45) is 0 Å². The zero-order valence-electron chi connectivity index (χ0n) is 23.3. The van der Waals surface area contributed by atoms with Crippen LogP contribution in [0.4, 0.5) is 0 Å². The number of carbonyl (C=O) groups is 1. The monoisotopic (exact) mass is 558 g/mol. The third kappa shape index (κ3) is 5.99. The van der Waals surface area contributed by atoms with E-state index in [4.69, 9.17) is 0 Å². The fraction of sp³-hybridized carbons (Fsp3) is 0.344. The van der Waals surface area contributed by atoms with Crippen molar-refractivity contribution >= 4 is 26.8 Å². The van der Waals surface area contributed by atoms with Gasteiger partial charge < -0.3 is 14.4 Å². The van der Waals surface area contributed by atoms with Gasteiger partial charge >= 0.3 is 0 Å². The minimum Gasteiger partial charge on any atom is -0.343 e. The fourth-order valence-electron chi connectivity index (χ4n) is 5.70. The third-order valence-electron chi connectivity index (χ3n) is 7.61. The molecule has 210 valence electrons. The molecule has 7 nitrogen and oxygen atoms in total. The van der Waals surface area contributed by atoms with Gasteiger partial charge in [0, 0.05) is 61.5 Å². The minimum absolute atomic E-state index is 0.155. The second kappa shape index (κ2) is 12.4. The number of hydrogen-bond acceptors (Lipinski definition) is 4. The lowest BCUT2D eigenvalue weighted by atomic mass is 9.85. The summed E-state index contributed by atoms with van der Waals surface area (Å²) in [6.07, 6.45) is 2.03. The normalized spacial score (nSPS) is 14.2. The van der Waals surface area contributed by atoms with E-state index in [1.165, 1.54) is 0 Å². The molecule has 2 heterocycles. The number of amides is 1. The molecule has 1 aromatic heterocycles. The van der Waals surface area contributed by atoms with Crippen molar-refractivity contribution in [2.75, 3.05) is 40.3 Å². The highest BCUT2D eigenvalue weighted by Gasteiger charge is 2.33. The molecule has 0 aliphatic carbocycles. The van der Waals surface area contributed by atoms with Gasteiger partial charge in [-0.3, -0.25) is 4.79 Å². The van der Waals surface area contributed by atoms with Crippen LogP contribution in [0.15, 0.2) is 90.0 Å². The first-order valence-electron chi connectivity index (χ1n) is 14.0. The van der Waals surface area contributed by atoms with Gasteiger partial charge in [0.2, 0.25) is 5.91 Å². The van der Waals surface area contributed by atoms with Gasteiger partial charge in [0.1, 0.15) is 0 Å². The standard InChI is InChI=1S/C32H38N4O3S/c1-34(2)23-24-36-28-18-10-9-17-27(28)31(30(25-13-5-3-6-14-25)26-15-7-4-8-16-26)32(36)40(38,39)33-20-12-22-35-21-11-19-29(35)37/h3-10,13-18,30,33H,11-12,19-24H2,1-2H3. The van der Waals surface area contributed by atoms with Crippen molar-refractivity contribution in [3.8, 4) is 0 Å². The van der Waals surface area contributed by atoms with Gasteiger partial charge in [-0.05, 0) is 44.1 Å². The Labute approximate surface area is 237 Å². The summed E-state index contributed by atoms with van der Waals surface area (Å²) in [5, 5.41) is 1.24. The Morgan fingerprint density at radius 1 is 0.875 bits per heavy atom. The summed E-state index contributed by atoms with van der Waals surface area (Å²) < 4.78 is 33.4. The Bertz CT molecular complexity index is 1510. The van der Waals surface area contributed by atoms with Gasteiger partial charge in [-0.25, -0.2) is 13.1 Å². The fourth-order valence-corrected chi connectivity index (χ4v) is 7.25. The van der Waals surface area contributed by atoms with E-state index < -0.39 is 10.0 Å². The van der Waals surface area contributed by atoms with E-state index in [9.17, 15) is 13.2 Å². The van der Waals surface area contributed by atoms with E-state index in [2.05, 4.69) is 33.9 Å². The summed E-state index contributed by atoms with van der Waals surface area (Å²) in [4.78, 5) is 15.9. The quantitative estimate of drug-likeness (QED) is 0.257. The molecular weight excluding hydrogens is 520 g/mol. The first kappa shape index (κ1) is 28.1. The Morgan fingerprint density at radius 2 is 1.50 bits per heavy atom. The van der Waals surface area contributed by atoms with E-state index in [1.807, 2.05) is 84.2 Å². The molecule has 1 fully saturated rings. The number of likely N-dealkylation sites (tertiary alicyclic amines) is 1. The summed E-state index contributed by atoms with van der Waals surface area (Å²) in [5.74, 6) is -0.121. The predicted octanol–water partition coefficient (Wildman–Crippen LogP) is 4.67. The number of likely N-dealkylation sites (N-methyl/N-ethyl adjacent to an activating group) is 1. The first-order chi connectivity index (χ1) is 19.4. The molecule has 1 aliphatic rings. The zero-order chi connectivity index (χ0) is 28.1. The molecule has 1 aliphatic heterocycles. The number of nitrogens with zero attached hydrogens (tertiary/aromatic N) is 3. The van der Waals surface area contributed by atoms with Crippen LogP contribution >= 0.6 is 0 Å². The van der Waals surface area contributed by atoms with Crippen LogP contribution in [0.25, 0.3) is 10.9 Å². The number of carbonyl (C=O) groups excluding carboxylic acids is 1. The van der Waals surface area contributed by atoms with Crippen LogP contribution < -0.4 is 4.72 Å². The average molecular weight is 559 g/mol. The SMILES string of the molecule is CN(C)CCn1c(S(=O)(=O)NCCCN2CCCC2=O)c(C(c2ccccc2)c2ccccc2)c2ccccc21. The second-order valence-electron chi connectivity index (χ2n) is 10.7. The number of rotatable bonds is 12. The topological polar surface area (TPSA) is 74.7 Å². The molecule has 0 radical (unpaired) electrons. The molecule has 1 saturated heterocycles. The molecular formula is C32H38N4O3S. The van der Waals surface area contributed by atoms with E-state index in [0.29, 0.717) is 37.5 Å². The largest absolute Gasteiger partial charge is 0.343 e. The maximum atomic E-state index is 14.3. The van der Waals surface area contributed by atoms with Crippen LogP contribution in [0, 0.1) is 0 Å². The molecule has 4 aromatic rings. The lowest BCUT2D eigenvalue weighted by Crippen LogP contribution is -2.32. The molecule has 0 bridgehead atoms. The smallest absolute Gasteiger partial charge is 0.256 e. The summed E-state index contributed by atoms with van der Waals surface area (Å²) in [5.41, 5.74) is 3.76. The van der Waals surface area contributed by atoms with Crippen molar-refractivity contribution in [3.05, 3.63) is 102 Å². The van der Waals surface area contributed by atoms with Gasteiger partial charge in [-0.15, -0.1) is 0 Å². The van der Waals surface area contributed by atoms with Gasteiger partial charge in [0.05, 0.1) is 0 Å². The molecule has 0 spiro atoms. The molecule has 1 N–H and O–H groups in total. The van der Waals surface area contributed by atoms with Crippen molar-refractivity contribution in [1.29, 1.82) is 0 Å². The van der Waals surface area contributed by atoms with Gasteiger partial charge in [-0.1, -0.05) is 78.9 Å². The number of sulfonamides is 1. The van der Waals surface area contributed by atoms with Gasteiger partial charge in [-0.2, -0.15) is 0 Å². The first-order valence-corrected chi connectivity index (χ1v) is 15.5. The minimum atomic E-state index is -3.91. The Morgan fingerprint density at radius 3 is 2.10 bits per heavy atom. The van der Waals surface area contributed by atoms with Crippen LogP contribution in [-0.2, 0) is 21.4 Å². The molecule has 40 heavy (non-hydrogen) atoms. The van der Waals surface area contributed by atoms with Crippen LogP contribution in [-0.4, -0.2) is 69.0 Å². The maximum Gasteiger partial charge on any atom is 0.256 e. The summed E-state index contributed by atoms with van der Waals surface area (Å²) in [6.45, 7) is 2.81. The van der Waals surface area contributed by atoms with Crippen LogP contribution in [0.2, 0.25) is 0 Å². The number of fused-ring (bicyclic) bond motifs is 1. The highest BCUT2D eigenvalue weighted by molar-refractivity contribution is 7.89. The van der Waals surface area contributed by atoms with Crippen molar-refractivity contribution < 1.29 is 13.2 Å². The van der Waals surface area contributed by atoms with E-state index >= 15 is 0 Å². The molecule has 8 heteroatoms. The Balaban J connectivity index is 1.63. The Kier molecular flexibility index (Phi) is 8.69. The van der Waals surface area contributed by atoms with Crippen LogP contribution in [0.5, 0.6) is 0 Å². The molecule has 0 saturated carbocycles. The molecule has 0 atom stereocenters. The van der Waals surface area contributed by atoms with Gasteiger partial charge in [0.25, 0.3) is 10.0 Å². The number of para-hydroxylation sites is 1. The highest BCUT2D eigenvalue weighted by Crippen LogP contribution is 2.41. The number of aromatic nitrogens is 1. The predicted molar refractivity (Wildman–Crippen MR) is 160 cm³/mol. The number of hydrogen-bond donors (Lipinski definition) is 1. The zero-order valence-corrected chi connectivity index (χ0v) is 24.1. The molecule has 0 unspecified atom stereocenters. The number of benzene rings is 3. The summed E-state index contributed by atoms with van der Waals surface area (Å²) in [6, 6.07) is 28.2. The lowest BCUT2D eigenvalue weighted by Gasteiger charge is -2.22. The number of nitrogens with one attached hydrogen (secondary N) is 1. The van der Waals surface area contributed by atoms with Crippen molar-refractivity contribution in [2.45, 2.75) is 36.8 Å². The summed E-state index contributed by atoms with van der Waals surface area (Å²) >= 11 is 0. The Hall–Kier alpha value is -3.46. The third-order valence-corrected chi connectivity index (χ3v) is 9.14. The highest BCUT2D eigenvalue weighted by atomic mass is 32.2. The van der Waals surface area contributed by atoms with Crippen LogP contribution in [0.1, 0.15) is 41.9 Å². The lowest BCUT2D eigenvalue weighted by molar-refractivity contribution is -0.127. The molecule has 5 rings (SSSR count). The molecule has 1 amide bonds.